The summed E-state index contributed by atoms with van der Waals surface area (Å²) < 4.78 is 5.04. The third kappa shape index (κ3) is 1.80. The molecule has 0 aliphatic carbocycles. The largest absolute Gasteiger partial charge is 0.459 e. The normalized spacial score (nSPS) is 18.5. The molecule has 1 fully saturated rings. The van der Waals surface area contributed by atoms with E-state index in [0.717, 1.165) is 0 Å². The highest BCUT2D eigenvalue weighted by molar-refractivity contribution is 5.91. The second kappa shape index (κ2) is 3.84. The van der Waals surface area contributed by atoms with Crippen LogP contribution in [0.5, 0.6) is 0 Å². The van der Waals surface area contributed by atoms with Gasteiger partial charge in [0.25, 0.3) is 5.91 Å². The molecule has 0 spiro atoms. The Morgan fingerprint density at radius 1 is 1.36 bits per heavy atom. The summed E-state index contributed by atoms with van der Waals surface area (Å²) in [5.41, 5.74) is 0. The molecule has 14 heavy (non-hydrogen) atoms. The van der Waals surface area contributed by atoms with E-state index in [1.54, 1.807) is 21.9 Å². The van der Waals surface area contributed by atoms with Gasteiger partial charge in [-0.3, -0.25) is 9.69 Å². The minimum Gasteiger partial charge on any atom is -0.459 e. The molecule has 4 heteroatoms. The van der Waals surface area contributed by atoms with Crippen LogP contribution in [-0.2, 0) is 0 Å². The molecule has 2 radical (unpaired) electrons. The van der Waals surface area contributed by atoms with Gasteiger partial charge >= 0.3 is 0 Å². The van der Waals surface area contributed by atoms with Crippen molar-refractivity contribution >= 4 is 5.91 Å². The number of hydrogen-bond donors (Lipinski definition) is 0. The molecule has 2 rings (SSSR count). The SMILES string of the molecule is [CH]N1CCN(C(=O)c2ccco2)CC1. The number of hydrogen-bond acceptors (Lipinski definition) is 3. The summed E-state index contributed by atoms with van der Waals surface area (Å²) in [4.78, 5) is 15.2. The summed E-state index contributed by atoms with van der Waals surface area (Å²) in [6.07, 6.45) is 1.51. The Hall–Kier alpha value is -1.29. The fraction of sp³-hybridized carbons (Fsp3) is 0.400. The lowest BCUT2D eigenvalue weighted by molar-refractivity contribution is 0.0645. The van der Waals surface area contributed by atoms with Crippen LogP contribution in [0.2, 0.25) is 0 Å². The van der Waals surface area contributed by atoms with Crippen molar-refractivity contribution in [3.63, 3.8) is 0 Å². The van der Waals surface area contributed by atoms with Crippen molar-refractivity contribution in [2.45, 2.75) is 0 Å². The molecule has 0 saturated carbocycles. The number of rotatable bonds is 1. The maximum atomic E-state index is 11.7. The first kappa shape index (κ1) is 9.27. The van der Waals surface area contributed by atoms with Gasteiger partial charge in [-0.25, -0.2) is 0 Å². The average molecular weight is 192 g/mol. The van der Waals surface area contributed by atoms with Crippen LogP contribution < -0.4 is 0 Å². The van der Waals surface area contributed by atoms with E-state index in [4.69, 9.17) is 11.5 Å². The van der Waals surface area contributed by atoms with E-state index < -0.39 is 0 Å². The predicted molar refractivity (Wildman–Crippen MR) is 50.5 cm³/mol. The topological polar surface area (TPSA) is 36.7 Å². The van der Waals surface area contributed by atoms with Gasteiger partial charge < -0.3 is 9.32 Å². The Labute approximate surface area is 83.1 Å². The van der Waals surface area contributed by atoms with Crippen LogP contribution in [0.25, 0.3) is 0 Å². The van der Waals surface area contributed by atoms with Gasteiger partial charge in [0.15, 0.2) is 5.76 Å². The van der Waals surface area contributed by atoms with Gasteiger partial charge in [-0.05, 0) is 12.1 Å². The van der Waals surface area contributed by atoms with Crippen molar-refractivity contribution in [3.8, 4) is 0 Å². The molecule has 1 aromatic heterocycles. The lowest BCUT2D eigenvalue weighted by Crippen LogP contribution is -2.46. The van der Waals surface area contributed by atoms with E-state index in [9.17, 15) is 4.79 Å². The van der Waals surface area contributed by atoms with Crippen molar-refractivity contribution in [2.75, 3.05) is 26.2 Å². The van der Waals surface area contributed by atoms with Crippen molar-refractivity contribution in [1.29, 1.82) is 0 Å². The predicted octanol–water partition coefficient (Wildman–Crippen LogP) is 0.706. The van der Waals surface area contributed by atoms with Crippen LogP contribution in [0.15, 0.2) is 22.8 Å². The Kier molecular flexibility index (Phi) is 2.54. The van der Waals surface area contributed by atoms with E-state index in [0.29, 0.717) is 31.9 Å². The maximum absolute atomic E-state index is 11.7. The van der Waals surface area contributed by atoms with Gasteiger partial charge in [0, 0.05) is 33.2 Å². The zero-order chi connectivity index (χ0) is 9.97. The molecule has 1 aromatic rings. The molecule has 74 valence electrons. The number of furan rings is 1. The zero-order valence-corrected chi connectivity index (χ0v) is 7.85. The maximum Gasteiger partial charge on any atom is 0.289 e. The molecule has 1 aliphatic heterocycles. The van der Waals surface area contributed by atoms with Crippen LogP contribution in [0, 0.1) is 7.05 Å². The monoisotopic (exact) mass is 192 g/mol. The molecule has 0 atom stereocenters. The standard InChI is InChI=1S/C10H12N2O2/c1-11-4-6-12(7-5-11)10(13)9-3-2-8-14-9/h1-3,8H,4-7H2. The summed E-state index contributed by atoms with van der Waals surface area (Å²) in [7, 11) is 5.59. The molecule has 2 heterocycles. The smallest absolute Gasteiger partial charge is 0.289 e. The molecular weight excluding hydrogens is 180 g/mol. The molecule has 0 aromatic carbocycles. The van der Waals surface area contributed by atoms with Crippen LogP contribution in [0.4, 0.5) is 0 Å². The minimum atomic E-state index is -0.0527. The summed E-state index contributed by atoms with van der Waals surface area (Å²) in [6.45, 7) is 2.75. The van der Waals surface area contributed by atoms with Crippen LogP contribution >= 0.6 is 0 Å². The number of amides is 1. The fourth-order valence-electron chi connectivity index (χ4n) is 1.48. The molecule has 0 N–H and O–H groups in total. The van der Waals surface area contributed by atoms with Gasteiger partial charge in [0.2, 0.25) is 0 Å². The van der Waals surface area contributed by atoms with E-state index in [2.05, 4.69) is 0 Å². The number of carbonyl (C=O) groups excluding carboxylic acids is 1. The Morgan fingerprint density at radius 3 is 2.64 bits per heavy atom. The van der Waals surface area contributed by atoms with Crippen LogP contribution in [0.1, 0.15) is 10.6 Å². The third-order valence-corrected chi connectivity index (χ3v) is 2.33. The van der Waals surface area contributed by atoms with Gasteiger partial charge in [0.1, 0.15) is 0 Å². The van der Waals surface area contributed by atoms with Gasteiger partial charge in [0.05, 0.1) is 6.26 Å². The summed E-state index contributed by atoms with van der Waals surface area (Å²) in [6, 6.07) is 3.39. The van der Waals surface area contributed by atoms with E-state index >= 15 is 0 Å². The summed E-state index contributed by atoms with van der Waals surface area (Å²) in [5, 5.41) is 0. The first-order valence-corrected chi connectivity index (χ1v) is 4.60. The zero-order valence-electron chi connectivity index (χ0n) is 7.85. The molecule has 1 amide bonds. The van der Waals surface area contributed by atoms with E-state index in [-0.39, 0.29) is 5.91 Å². The first-order chi connectivity index (χ1) is 6.77. The number of nitrogens with zero attached hydrogens (tertiary/aromatic N) is 2. The van der Waals surface area contributed by atoms with Crippen molar-refractivity contribution in [1.82, 2.24) is 9.80 Å². The number of piperazine rings is 1. The fourth-order valence-corrected chi connectivity index (χ4v) is 1.48. The lowest BCUT2D eigenvalue weighted by atomic mass is 10.3. The molecule has 0 unspecified atom stereocenters. The Balaban J connectivity index is 1.99. The molecular formula is C10H12N2O2. The lowest BCUT2D eigenvalue weighted by Gasteiger charge is -2.31. The second-order valence-corrected chi connectivity index (χ2v) is 3.31. The number of carbonyl (C=O) groups is 1. The molecule has 1 saturated heterocycles. The first-order valence-electron chi connectivity index (χ1n) is 4.60. The van der Waals surface area contributed by atoms with Gasteiger partial charge in [-0.15, -0.1) is 0 Å². The van der Waals surface area contributed by atoms with E-state index in [1.165, 1.54) is 6.26 Å². The highest BCUT2D eigenvalue weighted by atomic mass is 16.3. The van der Waals surface area contributed by atoms with Crippen LogP contribution in [-0.4, -0.2) is 41.9 Å². The molecule has 0 bridgehead atoms. The second-order valence-electron chi connectivity index (χ2n) is 3.31. The minimum absolute atomic E-state index is 0.0527. The van der Waals surface area contributed by atoms with Crippen molar-refractivity contribution in [2.24, 2.45) is 0 Å². The highest BCUT2D eigenvalue weighted by Gasteiger charge is 2.21. The highest BCUT2D eigenvalue weighted by Crippen LogP contribution is 2.08. The Morgan fingerprint density at radius 2 is 2.07 bits per heavy atom. The van der Waals surface area contributed by atoms with E-state index in [1.807, 2.05) is 0 Å². The van der Waals surface area contributed by atoms with Crippen molar-refractivity contribution in [3.05, 3.63) is 31.2 Å². The molecule has 1 aliphatic rings. The summed E-state index contributed by atoms with van der Waals surface area (Å²) in [5.74, 6) is 0.346. The third-order valence-electron chi connectivity index (χ3n) is 2.33. The molecule has 4 nitrogen and oxygen atoms in total. The average Bonchev–Trinajstić information content (AvgIpc) is 2.71. The van der Waals surface area contributed by atoms with Gasteiger partial charge in [-0.1, -0.05) is 0 Å². The van der Waals surface area contributed by atoms with Crippen LogP contribution in [0.3, 0.4) is 0 Å². The summed E-state index contributed by atoms with van der Waals surface area (Å²) >= 11 is 0. The quantitative estimate of drug-likeness (QED) is 0.657. The van der Waals surface area contributed by atoms with Gasteiger partial charge in [-0.2, -0.15) is 0 Å². The van der Waals surface area contributed by atoms with Crippen molar-refractivity contribution < 1.29 is 9.21 Å². The Bertz CT molecular complexity index is 300.